The third-order valence-electron chi connectivity index (χ3n) is 6.24. The second-order valence-electron chi connectivity index (χ2n) is 8.46. The molecule has 1 aromatic heterocycles. The molecular formula is C26H25N3O5. The lowest BCUT2D eigenvalue weighted by Crippen LogP contribution is -2.39. The van der Waals surface area contributed by atoms with E-state index in [1.165, 1.54) is 4.57 Å². The van der Waals surface area contributed by atoms with Gasteiger partial charge in [0.15, 0.2) is 5.58 Å². The van der Waals surface area contributed by atoms with Gasteiger partial charge in [0.25, 0.3) is 5.91 Å². The summed E-state index contributed by atoms with van der Waals surface area (Å²) < 4.78 is 11.9. The Balaban J connectivity index is 1.39. The zero-order valence-corrected chi connectivity index (χ0v) is 18.9. The molecule has 0 unspecified atom stereocenters. The number of methoxy groups -OCH3 is 1. The molecule has 0 atom stereocenters. The number of benzene rings is 3. The average molecular weight is 460 g/mol. The molecule has 1 N–H and O–H groups in total. The van der Waals surface area contributed by atoms with Crippen LogP contribution in [0.3, 0.4) is 0 Å². The maximum atomic E-state index is 12.9. The number of nitrogens with one attached hydrogen (secondary N) is 1. The molecule has 1 aliphatic rings. The highest BCUT2D eigenvalue weighted by atomic mass is 16.5. The van der Waals surface area contributed by atoms with Crippen LogP contribution in [0.15, 0.2) is 63.8 Å². The Bertz CT molecular complexity index is 1450. The number of oxazole rings is 1. The van der Waals surface area contributed by atoms with Gasteiger partial charge in [-0.3, -0.25) is 14.2 Å². The SMILES string of the molecule is COc1ccc2ccc(C(=O)Nc3ccc4oc(=O)n(CC(=O)N5CCCCC5)c4c3)cc2c1. The summed E-state index contributed by atoms with van der Waals surface area (Å²) in [5.41, 5.74) is 1.83. The molecule has 8 nitrogen and oxygen atoms in total. The summed E-state index contributed by atoms with van der Waals surface area (Å²) >= 11 is 0. The topological polar surface area (TPSA) is 93.8 Å². The molecule has 5 rings (SSSR count). The lowest BCUT2D eigenvalue weighted by Gasteiger charge is -2.26. The van der Waals surface area contributed by atoms with Crippen LogP contribution in [0.25, 0.3) is 21.9 Å². The van der Waals surface area contributed by atoms with Gasteiger partial charge in [0.1, 0.15) is 12.3 Å². The molecule has 0 bridgehead atoms. The number of carbonyl (C=O) groups excluding carboxylic acids is 2. The lowest BCUT2D eigenvalue weighted by atomic mass is 10.1. The molecule has 1 saturated heterocycles. The van der Waals surface area contributed by atoms with E-state index in [1.54, 1.807) is 42.3 Å². The van der Waals surface area contributed by atoms with Crippen molar-refractivity contribution in [1.29, 1.82) is 0 Å². The number of fused-ring (bicyclic) bond motifs is 2. The van der Waals surface area contributed by atoms with Gasteiger partial charge in [-0.05, 0) is 72.5 Å². The molecule has 2 heterocycles. The predicted molar refractivity (Wildman–Crippen MR) is 129 cm³/mol. The van der Waals surface area contributed by atoms with Crippen LogP contribution >= 0.6 is 0 Å². The van der Waals surface area contributed by atoms with E-state index in [2.05, 4.69) is 5.32 Å². The van der Waals surface area contributed by atoms with E-state index < -0.39 is 5.76 Å². The maximum absolute atomic E-state index is 12.9. The summed E-state index contributed by atoms with van der Waals surface area (Å²) in [5, 5.41) is 4.76. The minimum absolute atomic E-state index is 0.0876. The molecule has 0 spiro atoms. The van der Waals surface area contributed by atoms with E-state index in [4.69, 9.17) is 9.15 Å². The molecule has 34 heavy (non-hydrogen) atoms. The first-order valence-corrected chi connectivity index (χ1v) is 11.3. The highest BCUT2D eigenvalue weighted by Crippen LogP contribution is 2.24. The Morgan fingerprint density at radius 3 is 2.56 bits per heavy atom. The number of hydrogen-bond donors (Lipinski definition) is 1. The number of nitrogens with zero attached hydrogens (tertiary/aromatic N) is 2. The second kappa shape index (κ2) is 9.05. The molecule has 4 aromatic rings. The highest BCUT2D eigenvalue weighted by molar-refractivity contribution is 6.07. The Labute approximate surface area is 195 Å². The van der Waals surface area contributed by atoms with Crippen LogP contribution in [0.1, 0.15) is 29.6 Å². The summed E-state index contributed by atoms with van der Waals surface area (Å²) in [5.74, 6) is -0.267. The summed E-state index contributed by atoms with van der Waals surface area (Å²) in [6.45, 7) is 1.33. The molecular weight excluding hydrogens is 434 g/mol. The van der Waals surface area contributed by atoms with Crippen LogP contribution in [-0.2, 0) is 11.3 Å². The number of anilines is 1. The van der Waals surface area contributed by atoms with Gasteiger partial charge >= 0.3 is 5.76 Å². The van der Waals surface area contributed by atoms with Crippen molar-refractivity contribution in [2.24, 2.45) is 0 Å². The highest BCUT2D eigenvalue weighted by Gasteiger charge is 2.20. The van der Waals surface area contributed by atoms with Crippen LogP contribution in [0.4, 0.5) is 5.69 Å². The van der Waals surface area contributed by atoms with Crippen LogP contribution < -0.4 is 15.8 Å². The number of piperidine rings is 1. The van der Waals surface area contributed by atoms with Crippen LogP contribution in [0, 0.1) is 0 Å². The van der Waals surface area contributed by atoms with Gasteiger partial charge in [0, 0.05) is 24.3 Å². The summed E-state index contributed by atoms with van der Waals surface area (Å²) in [7, 11) is 1.60. The number of carbonyl (C=O) groups is 2. The maximum Gasteiger partial charge on any atom is 0.420 e. The van der Waals surface area contributed by atoms with Gasteiger partial charge < -0.3 is 19.4 Å². The molecule has 0 radical (unpaired) electrons. The van der Waals surface area contributed by atoms with Crippen molar-refractivity contribution >= 4 is 39.4 Å². The van der Waals surface area contributed by atoms with Crippen molar-refractivity contribution in [2.75, 3.05) is 25.5 Å². The smallest absolute Gasteiger partial charge is 0.420 e. The van der Waals surface area contributed by atoms with Crippen molar-refractivity contribution in [2.45, 2.75) is 25.8 Å². The molecule has 8 heteroatoms. The van der Waals surface area contributed by atoms with Crippen LogP contribution in [0.5, 0.6) is 5.75 Å². The van der Waals surface area contributed by atoms with Crippen LogP contribution in [0.2, 0.25) is 0 Å². The van der Waals surface area contributed by atoms with Crippen LogP contribution in [-0.4, -0.2) is 41.5 Å². The first kappa shape index (κ1) is 21.8. The van der Waals surface area contributed by atoms with E-state index in [1.807, 2.05) is 24.3 Å². The Morgan fingerprint density at radius 1 is 0.971 bits per heavy atom. The van der Waals surface area contributed by atoms with Crippen molar-refractivity contribution in [3.05, 3.63) is 70.7 Å². The fourth-order valence-corrected chi connectivity index (χ4v) is 4.36. The minimum atomic E-state index is -0.590. The summed E-state index contributed by atoms with van der Waals surface area (Å²) in [6, 6.07) is 16.1. The van der Waals surface area contributed by atoms with Gasteiger partial charge in [-0.25, -0.2) is 4.79 Å². The van der Waals surface area contributed by atoms with Gasteiger partial charge in [-0.1, -0.05) is 12.1 Å². The molecule has 3 aromatic carbocycles. The van der Waals surface area contributed by atoms with Crippen molar-refractivity contribution < 1.29 is 18.7 Å². The third-order valence-corrected chi connectivity index (χ3v) is 6.24. The largest absolute Gasteiger partial charge is 0.497 e. The first-order chi connectivity index (χ1) is 16.5. The predicted octanol–water partition coefficient (Wildman–Crippen LogP) is 4.02. The Morgan fingerprint density at radius 2 is 1.76 bits per heavy atom. The Hall–Kier alpha value is -4.07. The van der Waals surface area contributed by atoms with Gasteiger partial charge in [-0.15, -0.1) is 0 Å². The number of ether oxygens (including phenoxy) is 1. The number of aromatic nitrogens is 1. The Kier molecular flexibility index (Phi) is 5.79. The monoisotopic (exact) mass is 459 g/mol. The van der Waals surface area contributed by atoms with Gasteiger partial charge in [0.05, 0.1) is 12.6 Å². The van der Waals surface area contributed by atoms with Crippen molar-refractivity contribution in [3.8, 4) is 5.75 Å². The molecule has 2 amide bonds. The van der Waals surface area contributed by atoms with E-state index in [0.717, 1.165) is 30.0 Å². The zero-order valence-electron chi connectivity index (χ0n) is 18.9. The summed E-state index contributed by atoms with van der Waals surface area (Å²) in [6.07, 6.45) is 3.07. The molecule has 1 aliphatic heterocycles. The van der Waals surface area contributed by atoms with E-state index >= 15 is 0 Å². The molecule has 174 valence electrons. The van der Waals surface area contributed by atoms with E-state index in [0.29, 0.717) is 41.2 Å². The number of rotatable bonds is 5. The molecule has 1 fully saturated rings. The van der Waals surface area contributed by atoms with Gasteiger partial charge in [-0.2, -0.15) is 0 Å². The lowest BCUT2D eigenvalue weighted by molar-refractivity contribution is -0.132. The quantitative estimate of drug-likeness (QED) is 0.487. The minimum Gasteiger partial charge on any atom is -0.497 e. The van der Waals surface area contributed by atoms with Crippen molar-refractivity contribution in [1.82, 2.24) is 9.47 Å². The number of amides is 2. The fourth-order valence-electron chi connectivity index (χ4n) is 4.36. The van der Waals surface area contributed by atoms with E-state index in [-0.39, 0.29) is 18.4 Å². The zero-order chi connectivity index (χ0) is 23.7. The van der Waals surface area contributed by atoms with Crippen molar-refractivity contribution in [3.63, 3.8) is 0 Å². The first-order valence-electron chi connectivity index (χ1n) is 11.3. The summed E-state index contributed by atoms with van der Waals surface area (Å²) in [4.78, 5) is 39.8. The third kappa shape index (κ3) is 4.26. The number of hydrogen-bond acceptors (Lipinski definition) is 5. The van der Waals surface area contributed by atoms with E-state index in [9.17, 15) is 14.4 Å². The fraction of sp³-hybridized carbons (Fsp3) is 0.269. The molecule has 0 aliphatic carbocycles. The normalized spacial score (nSPS) is 13.9. The van der Waals surface area contributed by atoms with Gasteiger partial charge in [0.2, 0.25) is 5.91 Å². The second-order valence-corrected chi connectivity index (χ2v) is 8.46. The number of likely N-dealkylation sites (tertiary alicyclic amines) is 1. The standard InChI is InChI=1S/C26H25N3O5/c1-33-21-9-7-17-5-6-18(13-19(17)14-21)25(31)27-20-8-10-23-22(15-20)29(26(32)34-23)16-24(30)28-11-3-2-4-12-28/h5-10,13-15H,2-4,11-12,16H2,1H3,(H,27,31). The molecule has 0 saturated carbocycles. The average Bonchev–Trinajstić information content (AvgIpc) is 3.17.